The van der Waals surface area contributed by atoms with E-state index < -0.39 is 6.04 Å². The van der Waals surface area contributed by atoms with E-state index in [4.69, 9.17) is 11.0 Å². The van der Waals surface area contributed by atoms with Crippen molar-refractivity contribution in [2.75, 3.05) is 13.1 Å². The molecule has 3 unspecified atom stereocenters. The van der Waals surface area contributed by atoms with Gasteiger partial charge in [-0.25, -0.2) is 0 Å². The van der Waals surface area contributed by atoms with Gasteiger partial charge in [-0.3, -0.25) is 4.79 Å². The Morgan fingerprint density at radius 1 is 1.44 bits per heavy atom. The second kappa shape index (κ2) is 7.24. The van der Waals surface area contributed by atoms with Gasteiger partial charge >= 0.3 is 0 Å². The van der Waals surface area contributed by atoms with Crippen LogP contribution in [-0.4, -0.2) is 29.9 Å². The summed E-state index contributed by atoms with van der Waals surface area (Å²) in [6, 6.07) is 1.68. The zero-order chi connectivity index (χ0) is 12.7. The highest BCUT2D eigenvalue weighted by Crippen LogP contribution is 2.09. The summed E-state index contributed by atoms with van der Waals surface area (Å²) in [5, 5.41) is 8.74. The average molecular weight is 225 g/mol. The monoisotopic (exact) mass is 225 g/mol. The van der Waals surface area contributed by atoms with Gasteiger partial charge < -0.3 is 10.6 Å². The SMILES string of the molecule is CCC(C)C(N)C(=O)N(CC)CC(C)C#N. The molecule has 0 saturated heterocycles. The molecule has 0 aliphatic heterocycles. The molecule has 0 aliphatic carbocycles. The van der Waals surface area contributed by atoms with Crippen molar-refractivity contribution >= 4 is 5.91 Å². The van der Waals surface area contributed by atoms with Crippen molar-refractivity contribution < 1.29 is 4.79 Å². The molecule has 2 N–H and O–H groups in total. The van der Waals surface area contributed by atoms with Crippen LogP contribution in [0.1, 0.15) is 34.1 Å². The Balaban J connectivity index is 4.48. The largest absolute Gasteiger partial charge is 0.340 e. The van der Waals surface area contributed by atoms with Gasteiger partial charge in [-0.2, -0.15) is 5.26 Å². The summed E-state index contributed by atoms with van der Waals surface area (Å²) in [7, 11) is 0. The molecule has 0 aliphatic rings. The normalized spacial score (nSPS) is 16.0. The van der Waals surface area contributed by atoms with Crippen molar-refractivity contribution in [3.8, 4) is 6.07 Å². The molecule has 0 aromatic carbocycles. The molecule has 0 heterocycles. The Labute approximate surface area is 98.4 Å². The lowest BCUT2D eigenvalue weighted by atomic mass is 9.98. The Morgan fingerprint density at radius 3 is 2.38 bits per heavy atom. The molecule has 4 heteroatoms. The van der Waals surface area contributed by atoms with E-state index in [9.17, 15) is 4.79 Å². The predicted octanol–water partition coefficient (Wildman–Crippen LogP) is 1.37. The molecule has 0 radical (unpaired) electrons. The third-order valence-corrected chi connectivity index (χ3v) is 2.95. The van der Waals surface area contributed by atoms with Crippen LogP contribution in [-0.2, 0) is 4.79 Å². The fraction of sp³-hybridized carbons (Fsp3) is 0.833. The van der Waals surface area contributed by atoms with Gasteiger partial charge in [0.15, 0.2) is 0 Å². The maximum absolute atomic E-state index is 12.0. The van der Waals surface area contributed by atoms with E-state index in [0.29, 0.717) is 13.1 Å². The zero-order valence-electron chi connectivity index (χ0n) is 10.7. The molecule has 0 rings (SSSR count). The topological polar surface area (TPSA) is 70.1 Å². The number of likely N-dealkylation sites (N-methyl/N-ethyl adjacent to an activating group) is 1. The van der Waals surface area contributed by atoms with Crippen molar-refractivity contribution in [1.82, 2.24) is 4.90 Å². The molecule has 4 nitrogen and oxygen atoms in total. The molecule has 0 bridgehead atoms. The molecular formula is C12H23N3O. The number of nitrogens with zero attached hydrogens (tertiary/aromatic N) is 2. The van der Waals surface area contributed by atoms with E-state index in [1.54, 1.807) is 4.90 Å². The van der Waals surface area contributed by atoms with Crippen LogP contribution >= 0.6 is 0 Å². The van der Waals surface area contributed by atoms with Crippen molar-refractivity contribution in [3.63, 3.8) is 0 Å². The lowest BCUT2D eigenvalue weighted by Crippen LogP contribution is -2.48. The number of hydrogen-bond donors (Lipinski definition) is 1. The van der Waals surface area contributed by atoms with Gasteiger partial charge in [-0.15, -0.1) is 0 Å². The highest BCUT2D eigenvalue weighted by atomic mass is 16.2. The van der Waals surface area contributed by atoms with Crippen LogP contribution in [0.3, 0.4) is 0 Å². The zero-order valence-corrected chi connectivity index (χ0v) is 10.7. The summed E-state index contributed by atoms with van der Waals surface area (Å²) in [4.78, 5) is 13.7. The van der Waals surface area contributed by atoms with E-state index in [2.05, 4.69) is 6.07 Å². The summed E-state index contributed by atoms with van der Waals surface area (Å²) in [6.07, 6.45) is 0.887. The van der Waals surface area contributed by atoms with Gasteiger partial charge in [0.1, 0.15) is 0 Å². The molecule has 16 heavy (non-hydrogen) atoms. The van der Waals surface area contributed by atoms with Crippen LogP contribution in [0.4, 0.5) is 0 Å². The Bertz CT molecular complexity index is 259. The standard InChI is InChI=1S/C12H23N3O/c1-5-10(4)11(14)12(16)15(6-2)8-9(3)7-13/h9-11H,5-6,8,14H2,1-4H3. The lowest BCUT2D eigenvalue weighted by Gasteiger charge is -2.27. The minimum Gasteiger partial charge on any atom is -0.340 e. The molecule has 3 atom stereocenters. The number of nitriles is 1. The maximum Gasteiger partial charge on any atom is 0.239 e. The van der Waals surface area contributed by atoms with Gasteiger partial charge in [0.2, 0.25) is 5.91 Å². The first kappa shape index (κ1) is 14.9. The molecule has 0 aromatic rings. The number of amides is 1. The Hall–Kier alpha value is -1.08. The first-order valence-corrected chi connectivity index (χ1v) is 5.91. The van der Waals surface area contributed by atoms with Crippen molar-refractivity contribution in [1.29, 1.82) is 5.26 Å². The van der Waals surface area contributed by atoms with Crippen molar-refractivity contribution in [2.24, 2.45) is 17.6 Å². The summed E-state index contributed by atoms with van der Waals surface area (Å²) >= 11 is 0. The van der Waals surface area contributed by atoms with E-state index >= 15 is 0 Å². The van der Waals surface area contributed by atoms with Crippen molar-refractivity contribution in [3.05, 3.63) is 0 Å². The van der Waals surface area contributed by atoms with Gasteiger partial charge in [-0.05, 0) is 19.8 Å². The summed E-state index contributed by atoms with van der Waals surface area (Å²) < 4.78 is 0. The molecule has 0 fully saturated rings. The Morgan fingerprint density at radius 2 is 2.00 bits per heavy atom. The lowest BCUT2D eigenvalue weighted by molar-refractivity contribution is -0.133. The molecular weight excluding hydrogens is 202 g/mol. The fourth-order valence-corrected chi connectivity index (χ4v) is 1.45. The predicted molar refractivity (Wildman–Crippen MR) is 64.5 cm³/mol. The first-order valence-electron chi connectivity index (χ1n) is 5.91. The number of carbonyl (C=O) groups excluding carboxylic acids is 1. The van der Waals surface area contributed by atoms with Crippen LogP contribution in [0.15, 0.2) is 0 Å². The number of nitrogens with two attached hydrogens (primary N) is 1. The molecule has 0 spiro atoms. The Kier molecular flexibility index (Phi) is 6.75. The second-order valence-corrected chi connectivity index (χ2v) is 4.32. The molecule has 0 saturated carbocycles. The minimum atomic E-state index is -0.448. The van der Waals surface area contributed by atoms with Gasteiger partial charge in [0, 0.05) is 13.1 Å². The second-order valence-electron chi connectivity index (χ2n) is 4.32. The molecule has 0 aromatic heterocycles. The number of carbonyl (C=O) groups is 1. The highest BCUT2D eigenvalue weighted by molar-refractivity contribution is 5.81. The fourth-order valence-electron chi connectivity index (χ4n) is 1.45. The average Bonchev–Trinajstić information content (AvgIpc) is 2.32. The smallest absolute Gasteiger partial charge is 0.239 e. The molecule has 1 amide bonds. The molecule has 92 valence electrons. The third-order valence-electron chi connectivity index (χ3n) is 2.95. The minimum absolute atomic E-state index is 0.0426. The van der Waals surface area contributed by atoms with E-state index in [-0.39, 0.29) is 17.7 Å². The van der Waals surface area contributed by atoms with Gasteiger partial charge in [-0.1, -0.05) is 20.3 Å². The number of hydrogen-bond acceptors (Lipinski definition) is 3. The van der Waals surface area contributed by atoms with Crippen LogP contribution in [0.5, 0.6) is 0 Å². The highest BCUT2D eigenvalue weighted by Gasteiger charge is 2.24. The van der Waals surface area contributed by atoms with Crippen molar-refractivity contribution in [2.45, 2.75) is 40.2 Å². The van der Waals surface area contributed by atoms with E-state index in [1.807, 2.05) is 27.7 Å². The van der Waals surface area contributed by atoms with E-state index in [1.165, 1.54) is 0 Å². The van der Waals surface area contributed by atoms with Crippen LogP contribution < -0.4 is 5.73 Å². The summed E-state index contributed by atoms with van der Waals surface area (Å²) in [5.41, 5.74) is 5.89. The first-order chi connectivity index (χ1) is 7.47. The summed E-state index contributed by atoms with van der Waals surface area (Å²) in [6.45, 7) is 8.79. The van der Waals surface area contributed by atoms with Crippen LogP contribution in [0, 0.1) is 23.2 Å². The third kappa shape index (κ3) is 4.19. The quantitative estimate of drug-likeness (QED) is 0.742. The van der Waals surface area contributed by atoms with Crippen LogP contribution in [0.25, 0.3) is 0 Å². The van der Waals surface area contributed by atoms with Gasteiger partial charge in [0.05, 0.1) is 18.0 Å². The maximum atomic E-state index is 12.0. The van der Waals surface area contributed by atoms with Gasteiger partial charge in [0.25, 0.3) is 0 Å². The van der Waals surface area contributed by atoms with E-state index in [0.717, 1.165) is 6.42 Å². The van der Waals surface area contributed by atoms with Crippen LogP contribution in [0.2, 0.25) is 0 Å². The summed E-state index contributed by atoms with van der Waals surface area (Å²) in [5.74, 6) is -0.00840. The number of rotatable bonds is 6.